The maximum Gasteiger partial charge on any atom is 0.362 e. The summed E-state index contributed by atoms with van der Waals surface area (Å²) in [5, 5.41) is 2.88. The van der Waals surface area contributed by atoms with E-state index in [0.717, 1.165) is 5.69 Å². The summed E-state index contributed by atoms with van der Waals surface area (Å²) in [7, 11) is 1.25. The second kappa shape index (κ2) is 4.56. The highest BCUT2D eigenvalue weighted by molar-refractivity contribution is 5.92. The minimum absolute atomic E-state index is 0.0362. The van der Waals surface area contributed by atoms with Crippen molar-refractivity contribution in [2.75, 3.05) is 18.2 Å². The van der Waals surface area contributed by atoms with Crippen LogP contribution >= 0.6 is 0 Å². The minimum atomic E-state index is -0.632. The monoisotopic (exact) mass is 233 g/mol. The zero-order chi connectivity index (χ0) is 12.3. The van der Waals surface area contributed by atoms with Crippen molar-refractivity contribution in [3.8, 4) is 0 Å². The lowest BCUT2D eigenvalue weighted by molar-refractivity contribution is 0.0595. The third kappa shape index (κ3) is 2.36. The van der Waals surface area contributed by atoms with Crippen molar-refractivity contribution in [1.82, 2.24) is 4.98 Å². The van der Waals surface area contributed by atoms with E-state index in [1.54, 1.807) is 0 Å². The fourth-order valence-electron chi connectivity index (χ4n) is 1.27. The van der Waals surface area contributed by atoms with E-state index in [0.29, 0.717) is 0 Å². The van der Waals surface area contributed by atoms with E-state index in [9.17, 15) is 4.79 Å². The predicted octanol–water partition coefficient (Wildman–Crippen LogP) is 1.79. The van der Waals surface area contributed by atoms with Gasteiger partial charge in [0.1, 0.15) is 0 Å². The Balaban J connectivity index is 2.21. The van der Waals surface area contributed by atoms with Gasteiger partial charge in [0.15, 0.2) is 0 Å². The Morgan fingerprint density at radius 1 is 1.41 bits per heavy atom. The molecule has 0 aliphatic carbocycles. The number of methoxy groups -OCH3 is 1. The van der Waals surface area contributed by atoms with E-state index in [-0.39, 0.29) is 17.6 Å². The number of hydrogen-bond donors (Lipinski definition) is 2. The molecule has 1 aromatic heterocycles. The summed E-state index contributed by atoms with van der Waals surface area (Å²) in [6.07, 6.45) is 0. The van der Waals surface area contributed by atoms with E-state index in [1.165, 1.54) is 7.11 Å². The lowest BCUT2D eigenvalue weighted by Crippen LogP contribution is -2.04. The van der Waals surface area contributed by atoms with Crippen LogP contribution in [0.3, 0.4) is 0 Å². The molecule has 3 N–H and O–H groups in total. The number of nitrogen functional groups attached to an aromatic ring is 1. The van der Waals surface area contributed by atoms with Gasteiger partial charge >= 0.3 is 12.0 Å². The largest absolute Gasteiger partial charge is 0.464 e. The number of anilines is 3. The Morgan fingerprint density at radius 3 is 2.76 bits per heavy atom. The van der Waals surface area contributed by atoms with E-state index in [1.807, 2.05) is 30.3 Å². The van der Waals surface area contributed by atoms with Crippen LogP contribution in [0.25, 0.3) is 0 Å². The molecule has 0 spiro atoms. The number of benzene rings is 1. The molecular weight excluding hydrogens is 222 g/mol. The number of carbonyl (C=O) groups excluding carboxylic acids is 1. The lowest BCUT2D eigenvalue weighted by atomic mass is 10.3. The smallest absolute Gasteiger partial charge is 0.362 e. The van der Waals surface area contributed by atoms with Crippen molar-refractivity contribution in [2.24, 2.45) is 0 Å². The Kier molecular flexibility index (Phi) is 2.95. The molecule has 0 saturated heterocycles. The second-order valence-electron chi connectivity index (χ2n) is 3.21. The molecule has 0 saturated carbocycles. The quantitative estimate of drug-likeness (QED) is 0.785. The molecule has 0 bridgehead atoms. The molecule has 0 aliphatic heterocycles. The number of nitrogens with zero attached hydrogens (tertiary/aromatic N) is 1. The van der Waals surface area contributed by atoms with Crippen LogP contribution in [0.5, 0.6) is 0 Å². The van der Waals surface area contributed by atoms with Crippen LogP contribution in [-0.2, 0) is 4.74 Å². The first kappa shape index (κ1) is 11.0. The maximum atomic E-state index is 11.2. The average Bonchev–Trinajstić information content (AvgIpc) is 2.70. The first-order valence-corrected chi connectivity index (χ1v) is 4.87. The van der Waals surface area contributed by atoms with Gasteiger partial charge in [-0.1, -0.05) is 18.2 Å². The van der Waals surface area contributed by atoms with Crippen LogP contribution in [-0.4, -0.2) is 18.1 Å². The molecule has 6 heteroatoms. The molecule has 0 unspecified atom stereocenters. The minimum Gasteiger partial charge on any atom is -0.464 e. The molecule has 1 aromatic carbocycles. The third-order valence-corrected chi connectivity index (χ3v) is 2.06. The molecule has 0 fully saturated rings. The molecule has 0 aliphatic rings. The molecule has 0 amide bonds. The summed E-state index contributed by atoms with van der Waals surface area (Å²) in [6, 6.07) is 9.41. The van der Waals surface area contributed by atoms with Gasteiger partial charge in [-0.15, -0.1) is 0 Å². The Hall–Kier alpha value is -2.50. The van der Waals surface area contributed by atoms with Crippen LogP contribution in [0.2, 0.25) is 0 Å². The first-order valence-electron chi connectivity index (χ1n) is 4.87. The van der Waals surface area contributed by atoms with Crippen LogP contribution in [0.1, 0.15) is 10.5 Å². The SMILES string of the molecule is COC(=O)c1nc(Nc2ccccc2)oc1N. The highest BCUT2D eigenvalue weighted by Crippen LogP contribution is 2.21. The number of hydrogen-bond acceptors (Lipinski definition) is 6. The average molecular weight is 233 g/mol. The summed E-state index contributed by atoms with van der Waals surface area (Å²) in [5.41, 5.74) is 6.25. The molecule has 1 heterocycles. The van der Waals surface area contributed by atoms with Gasteiger partial charge < -0.3 is 20.2 Å². The number of para-hydroxylation sites is 1. The number of rotatable bonds is 3. The van der Waals surface area contributed by atoms with Crippen LogP contribution in [0.15, 0.2) is 34.7 Å². The Labute approximate surface area is 97.4 Å². The van der Waals surface area contributed by atoms with E-state index in [4.69, 9.17) is 10.2 Å². The number of oxazole rings is 1. The normalized spacial score (nSPS) is 9.94. The zero-order valence-corrected chi connectivity index (χ0v) is 9.14. The topological polar surface area (TPSA) is 90.4 Å². The summed E-state index contributed by atoms with van der Waals surface area (Å²) in [4.78, 5) is 15.1. The van der Waals surface area contributed by atoms with Crippen LogP contribution in [0, 0.1) is 0 Å². The summed E-state index contributed by atoms with van der Waals surface area (Å²) in [6.45, 7) is 0. The van der Waals surface area contributed by atoms with Gasteiger partial charge in [0.2, 0.25) is 11.6 Å². The van der Waals surface area contributed by atoms with Crippen molar-refractivity contribution >= 4 is 23.6 Å². The van der Waals surface area contributed by atoms with Gasteiger partial charge in [-0.05, 0) is 12.1 Å². The molecule has 0 atom stereocenters. The van der Waals surface area contributed by atoms with Gasteiger partial charge in [0, 0.05) is 5.69 Å². The van der Waals surface area contributed by atoms with Crippen molar-refractivity contribution in [3.05, 3.63) is 36.0 Å². The highest BCUT2D eigenvalue weighted by atomic mass is 16.5. The van der Waals surface area contributed by atoms with Gasteiger partial charge in [0.05, 0.1) is 7.11 Å². The van der Waals surface area contributed by atoms with Crippen LogP contribution < -0.4 is 11.1 Å². The van der Waals surface area contributed by atoms with E-state index < -0.39 is 5.97 Å². The molecule has 0 radical (unpaired) electrons. The standard InChI is InChI=1S/C11H11N3O3/c1-16-10(15)8-9(12)17-11(14-8)13-7-5-3-2-4-6-7/h2-6H,12H2,1H3,(H,13,14). The predicted molar refractivity (Wildman–Crippen MR) is 62.0 cm³/mol. The Morgan fingerprint density at radius 2 is 2.12 bits per heavy atom. The van der Waals surface area contributed by atoms with Crippen molar-refractivity contribution in [3.63, 3.8) is 0 Å². The van der Waals surface area contributed by atoms with Crippen molar-refractivity contribution < 1.29 is 13.9 Å². The number of nitrogens with two attached hydrogens (primary N) is 1. The number of ether oxygens (including phenoxy) is 1. The summed E-state index contributed by atoms with van der Waals surface area (Å²) >= 11 is 0. The number of nitrogens with one attached hydrogen (secondary N) is 1. The number of aromatic nitrogens is 1. The Bertz CT molecular complexity index is 522. The summed E-state index contributed by atoms with van der Waals surface area (Å²) in [5.74, 6) is -0.706. The molecule has 2 rings (SSSR count). The third-order valence-electron chi connectivity index (χ3n) is 2.06. The molecule has 2 aromatic rings. The first-order chi connectivity index (χ1) is 8.20. The van der Waals surface area contributed by atoms with Gasteiger partial charge in [0.25, 0.3) is 0 Å². The molecular formula is C11H11N3O3. The number of carbonyl (C=O) groups is 1. The number of esters is 1. The molecule has 6 nitrogen and oxygen atoms in total. The highest BCUT2D eigenvalue weighted by Gasteiger charge is 2.18. The van der Waals surface area contributed by atoms with Gasteiger partial charge in [-0.3, -0.25) is 0 Å². The fraction of sp³-hybridized carbons (Fsp3) is 0.0909. The van der Waals surface area contributed by atoms with Gasteiger partial charge in [-0.25, -0.2) is 4.79 Å². The fourth-order valence-corrected chi connectivity index (χ4v) is 1.27. The molecule has 88 valence electrons. The molecule has 17 heavy (non-hydrogen) atoms. The van der Waals surface area contributed by atoms with E-state index >= 15 is 0 Å². The van der Waals surface area contributed by atoms with Crippen molar-refractivity contribution in [2.45, 2.75) is 0 Å². The van der Waals surface area contributed by atoms with Crippen molar-refractivity contribution in [1.29, 1.82) is 0 Å². The zero-order valence-electron chi connectivity index (χ0n) is 9.14. The maximum absolute atomic E-state index is 11.2. The summed E-state index contributed by atoms with van der Waals surface area (Å²) < 4.78 is 9.61. The second-order valence-corrected chi connectivity index (χ2v) is 3.21. The van der Waals surface area contributed by atoms with E-state index in [2.05, 4.69) is 15.0 Å². The van der Waals surface area contributed by atoms with Crippen LogP contribution in [0.4, 0.5) is 17.6 Å². The van der Waals surface area contributed by atoms with Gasteiger partial charge in [-0.2, -0.15) is 4.98 Å². The lowest BCUT2D eigenvalue weighted by Gasteiger charge is -1.99.